The van der Waals surface area contributed by atoms with Crippen LogP contribution in [0.25, 0.3) is 32.3 Å². The Morgan fingerprint density at radius 3 is 1.14 bits per heavy atom. The number of unbranched alkanes of at least 4 members (excludes halogenated alkanes) is 25. The largest absolute Gasteiger partial charge is 0.508 e. The summed E-state index contributed by atoms with van der Waals surface area (Å²) in [5, 5.41) is 16.6. The number of benzene rings is 6. The SMILES string of the molecule is CCCCCCCCC(C)C.CCCCCCCCCCCCC(C)c1ccc2ccccc2c1.CCCCCCCCCCCCCCOc1ccc2ccccc2c1.Oc1ccc2ccccc2c1. The minimum atomic E-state index is 0.323. The van der Waals surface area contributed by atoms with E-state index in [-0.39, 0.29) is 0 Å². The summed E-state index contributed by atoms with van der Waals surface area (Å²) in [4.78, 5) is 0. The number of rotatable bonds is 33. The van der Waals surface area contributed by atoms with E-state index in [1.165, 1.54) is 220 Å². The summed E-state index contributed by atoms with van der Waals surface area (Å²) in [6, 6.07) is 43.8. The molecule has 392 valence electrons. The molecule has 0 aromatic heterocycles. The van der Waals surface area contributed by atoms with E-state index < -0.39 is 0 Å². The number of hydrogen-bond donors (Lipinski definition) is 1. The molecule has 0 aliphatic rings. The van der Waals surface area contributed by atoms with Crippen LogP contribution in [-0.2, 0) is 0 Å². The molecule has 0 heterocycles. The van der Waals surface area contributed by atoms with Crippen LogP contribution < -0.4 is 4.74 Å². The summed E-state index contributed by atoms with van der Waals surface area (Å²) >= 11 is 0. The van der Waals surface area contributed by atoms with E-state index >= 15 is 0 Å². The molecular weight excluding hydrogens is 861 g/mol. The molecule has 6 rings (SSSR count). The van der Waals surface area contributed by atoms with E-state index in [1.54, 1.807) is 12.1 Å². The predicted octanol–water partition coefficient (Wildman–Crippen LogP) is 23.1. The first-order valence-electron chi connectivity index (χ1n) is 29.6. The summed E-state index contributed by atoms with van der Waals surface area (Å²) in [7, 11) is 0. The van der Waals surface area contributed by atoms with Gasteiger partial charge in [0.15, 0.2) is 0 Å². The van der Waals surface area contributed by atoms with Crippen molar-refractivity contribution in [2.75, 3.05) is 6.61 Å². The lowest BCUT2D eigenvalue weighted by atomic mass is 9.93. The molecule has 0 bridgehead atoms. The molecule has 0 amide bonds. The molecule has 0 aliphatic carbocycles. The van der Waals surface area contributed by atoms with Crippen molar-refractivity contribution in [3.05, 3.63) is 133 Å². The summed E-state index contributed by atoms with van der Waals surface area (Å²) < 4.78 is 5.91. The average Bonchev–Trinajstić information content (AvgIpc) is 3.39. The molecule has 0 spiro atoms. The van der Waals surface area contributed by atoms with Crippen molar-refractivity contribution in [3.8, 4) is 11.5 Å². The van der Waals surface area contributed by atoms with Crippen LogP contribution in [-0.4, -0.2) is 11.7 Å². The second-order valence-corrected chi connectivity index (χ2v) is 21.2. The van der Waals surface area contributed by atoms with Gasteiger partial charge in [0.05, 0.1) is 6.61 Å². The summed E-state index contributed by atoms with van der Waals surface area (Å²) in [6.45, 7) is 14.7. The smallest absolute Gasteiger partial charge is 0.119 e. The molecule has 6 aromatic carbocycles. The van der Waals surface area contributed by atoms with Crippen molar-refractivity contribution in [2.45, 2.75) is 240 Å². The van der Waals surface area contributed by atoms with Gasteiger partial charge in [-0.05, 0) is 86.8 Å². The summed E-state index contributed by atoms with van der Waals surface area (Å²) in [6.07, 6.45) is 42.2. The van der Waals surface area contributed by atoms with Crippen LogP contribution >= 0.6 is 0 Å². The van der Waals surface area contributed by atoms with Gasteiger partial charge in [-0.3, -0.25) is 0 Å². The van der Waals surface area contributed by atoms with Crippen LogP contribution in [0.3, 0.4) is 0 Å². The first-order chi connectivity index (χ1) is 34.8. The third-order valence-corrected chi connectivity index (χ3v) is 14.2. The maximum atomic E-state index is 9.13. The van der Waals surface area contributed by atoms with E-state index in [4.69, 9.17) is 9.84 Å². The Kier molecular flexibility index (Phi) is 35.4. The molecule has 6 aromatic rings. The van der Waals surface area contributed by atoms with Gasteiger partial charge in [-0.1, -0.05) is 324 Å². The molecule has 1 N–H and O–H groups in total. The second-order valence-electron chi connectivity index (χ2n) is 21.2. The highest BCUT2D eigenvalue weighted by atomic mass is 16.5. The summed E-state index contributed by atoms with van der Waals surface area (Å²) in [5.41, 5.74) is 1.50. The number of fused-ring (bicyclic) bond motifs is 3. The molecule has 2 nitrogen and oxygen atoms in total. The zero-order valence-electron chi connectivity index (χ0n) is 46.6. The fourth-order valence-electron chi connectivity index (χ4n) is 9.52. The zero-order chi connectivity index (χ0) is 50.8. The Hall–Kier alpha value is -4.30. The lowest BCUT2D eigenvalue weighted by Gasteiger charge is -2.13. The maximum Gasteiger partial charge on any atom is 0.119 e. The quantitative estimate of drug-likeness (QED) is 0.0417. The van der Waals surface area contributed by atoms with Crippen molar-refractivity contribution in [3.63, 3.8) is 0 Å². The minimum absolute atomic E-state index is 0.323. The lowest BCUT2D eigenvalue weighted by Crippen LogP contribution is -1.97. The lowest BCUT2D eigenvalue weighted by molar-refractivity contribution is 0.304. The Morgan fingerprint density at radius 2 is 0.690 bits per heavy atom. The van der Waals surface area contributed by atoms with Crippen molar-refractivity contribution in [1.29, 1.82) is 0 Å². The predicted molar refractivity (Wildman–Crippen MR) is 318 cm³/mol. The monoisotopic (exact) mass is 965 g/mol. The molecule has 0 saturated carbocycles. The number of ether oxygens (including phenoxy) is 1. The molecule has 0 aliphatic heterocycles. The zero-order valence-corrected chi connectivity index (χ0v) is 46.6. The molecule has 1 atom stereocenters. The molecule has 0 radical (unpaired) electrons. The van der Waals surface area contributed by atoms with E-state index in [0.29, 0.717) is 11.7 Å². The van der Waals surface area contributed by atoms with Crippen molar-refractivity contribution in [2.24, 2.45) is 5.92 Å². The Balaban J connectivity index is 0.000000267. The van der Waals surface area contributed by atoms with Crippen LogP contribution in [0, 0.1) is 5.92 Å². The van der Waals surface area contributed by atoms with Crippen LogP contribution in [0.5, 0.6) is 11.5 Å². The average molecular weight is 966 g/mol. The van der Waals surface area contributed by atoms with Gasteiger partial charge in [0.2, 0.25) is 0 Å². The Labute approximate surface area is 437 Å². The van der Waals surface area contributed by atoms with Gasteiger partial charge >= 0.3 is 0 Å². The minimum Gasteiger partial charge on any atom is -0.508 e. The first kappa shape index (κ1) is 61.0. The van der Waals surface area contributed by atoms with Gasteiger partial charge < -0.3 is 9.84 Å². The summed E-state index contributed by atoms with van der Waals surface area (Å²) in [5.74, 6) is 2.91. The van der Waals surface area contributed by atoms with Gasteiger partial charge in [-0.15, -0.1) is 0 Å². The highest BCUT2D eigenvalue weighted by Gasteiger charge is 2.06. The third kappa shape index (κ3) is 29.7. The van der Waals surface area contributed by atoms with Gasteiger partial charge in [0.25, 0.3) is 0 Å². The molecule has 71 heavy (non-hydrogen) atoms. The number of hydrogen-bond acceptors (Lipinski definition) is 2. The van der Waals surface area contributed by atoms with Crippen LogP contribution in [0.4, 0.5) is 0 Å². The number of phenolic OH excluding ortho intramolecular Hbond substituents is 1. The van der Waals surface area contributed by atoms with E-state index in [9.17, 15) is 0 Å². The standard InChI is InChI=1S/C24H36O.C24H36.C11H24.C10H8O/c1-2-3-4-5-6-7-8-9-10-11-12-15-20-25-24-19-18-22-16-13-14-17-23(22)21-24;1-3-4-5-6-7-8-9-10-11-12-15-21(2)23-19-18-22-16-13-14-17-24(22)20-23;1-4-5-6-7-8-9-10-11(2)3;11-10-6-5-8-3-1-2-4-9(8)7-10/h13-14,16-19,21H,2-12,15,20H2,1H3;13-14,16-21H,3-12,15H2,1-2H3;11H,4-10H2,1-3H3;1-7,11H. The fourth-order valence-corrected chi connectivity index (χ4v) is 9.52. The van der Waals surface area contributed by atoms with Gasteiger partial charge in [0.1, 0.15) is 11.5 Å². The van der Waals surface area contributed by atoms with Crippen LogP contribution in [0.2, 0.25) is 0 Å². The second kappa shape index (κ2) is 41.2. The van der Waals surface area contributed by atoms with Crippen LogP contribution in [0.1, 0.15) is 246 Å². The van der Waals surface area contributed by atoms with Crippen molar-refractivity contribution < 1.29 is 9.84 Å². The first-order valence-corrected chi connectivity index (χ1v) is 29.6. The fraction of sp³-hybridized carbons (Fsp3) is 0.565. The number of aromatic hydroxyl groups is 1. The highest BCUT2D eigenvalue weighted by Crippen LogP contribution is 2.27. The molecule has 0 fully saturated rings. The van der Waals surface area contributed by atoms with Crippen molar-refractivity contribution >= 4 is 32.3 Å². The molecule has 0 saturated heterocycles. The highest BCUT2D eigenvalue weighted by molar-refractivity contribution is 5.85. The molecule has 1 unspecified atom stereocenters. The van der Waals surface area contributed by atoms with E-state index in [2.05, 4.69) is 126 Å². The van der Waals surface area contributed by atoms with Gasteiger partial charge in [0, 0.05) is 0 Å². The van der Waals surface area contributed by atoms with Gasteiger partial charge in [-0.2, -0.15) is 0 Å². The normalized spacial score (nSPS) is 11.4. The number of phenols is 1. The maximum absolute atomic E-state index is 9.13. The van der Waals surface area contributed by atoms with Gasteiger partial charge in [-0.25, -0.2) is 0 Å². The topological polar surface area (TPSA) is 29.5 Å². The van der Waals surface area contributed by atoms with Crippen LogP contribution in [0.15, 0.2) is 127 Å². The van der Waals surface area contributed by atoms with Crippen molar-refractivity contribution in [1.82, 2.24) is 0 Å². The van der Waals surface area contributed by atoms with E-state index in [0.717, 1.165) is 29.0 Å². The third-order valence-electron chi connectivity index (χ3n) is 14.2. The molecular formula is C69H104O2. The molecule has 2 heteroatoms. The Bertz CT molecular complexity index is 2150. The Morgan fingerprint density at radius 1 is 0.338 bits per heavy atom. The van der Waals surface area contributed by atoms with E-state index in [1.807, 2.05) is 30.3 Å².